The number of pyridine rings is 1. The highest BCUT2D eigenvalue weighted by Gasteiger charge is 2.25. The zero-order valence-corrected chi connectivity index (χ0v) is 20.5. The molecular formula is C28H24FN3O4S. The minimum Gasteiger partial charge on any atom is -0.508 e. The van der Waals surface area contributed by atoms with Crippen LogP contribution in [0.5, 0.6) is 5.75 Å². The Hall–Kier alpha value is -4.34. The van der Waals surface area contributed by atoms with Gasteiger partial charge in [0.05, 0.1) is 4.90 Å². The summed E-state index contributed by atoms with van der Waals surface area (Å²) in [5, 5.41) is 12.3. The molecule has 0 unspecified atom stereocenters. The predicted octanol–water partition coefficient (Wildman–Crippen LogP) is 4.97. The summed E-state index contributed by atoms with van der Waals surface area (Å²) in [5.41, 5.74) is 2.55. The fraction of sp³-hybridized carbons (Fsp3) is 0.0714. The number of aromatic hydroxyl groups is 1. The third-order valence-corrected chi connectivity index (χ3v) is 7.27. The molecule has 0 radical (unpaired) electrons. The first-order valence-electron chi connectivity index (χ1n) is 11.3. The van der Waals surface area contributed by atoms with Crippen molar-refractivity contribution in [2.24, 2.45) is 0 Å². The number of phenolic OH excluding ortho intramolecular Hbond substituents is 1. The first-order chi connectivity index (χ1) is 17.8. The second-order valence-corrected chi connectivity index (χ2v) is 10.1. The van der Waals surface area contributed by atoms with Gasteiger partial charge < -0.3 is 10.4 Å². The second kappa shape index (κ2) is 11.6. The van der Waals surface area contributed by atoms with Crippen LogP contribution in [-0.2, 0) is 27.9 Å². The number of sulfonamides is 1. The first-order valence-corrected chi connectivity index (χ1v) is 12.8. The van der Waals surface area contributed by atoms with Crippen molar-refractivity contribution in [3.63, 3.8) is 0 Å². The molecule has 4 aromatic rings. The van der Waals surface area contributed by atoms with Crippen LogP contribution in [0.1, 0.15) is 16.7 Å². The lowest BCUT2D eigenvalue weighted by molar-refractivity contribution is -0.111. The monoisotopic (exact) mass is 517 g/mol. The van der Waals surface area contributed by atoms with Gasteiger partial charge in [-0.1, -0.05) is 24.3 Å². The number of nitrogens with one attached hydrogen (secondary N) is 1. The molecule has 0 fully saturated rings. The van der Waals surface area contributed by atoms with E-state index in [1.165, 1.54) is 71.0 Å². The lowest BCUT2D eigenvalue weighted by atomic mass is 10.2. The van der Waals surface area contributed by atoms with Crippen molar-refractivity contribution in [2.45, 2.75) is 18.0 Å². The maximum atomic E-state index is 13.6. The molecule has 0 atom stereocenters. The van der Waals surface area contributed by atoms with Gasteiger partial charge >= 0.3 is 0 Å². The first kappa shape index (κ1) is 25.7. The molecule has 0 saturated carbocycles. The molecule has 3 aromatic carbocycles. The summed E-state index contributed by atoms with van der Waals surface area (Å²) in [6.07, 6.45) is 6.27. The Morgan fingerprint density at radius 3 is 2.03 bits per heavy atom. The van der Waals surface area contributed by atoms with Crippen LogP contribution < -0.4 is 5.32 Å². The topological polar surface area (TPSA) is 99.6 Å². The van der Waals surface area contributed by atoms with Crippen LogP contribution in [0.4, 0.5) is 10.1 Å². The Labute approximate surface area is 214 Å². The Bertz CT molecular complexity index is 1430. The largest absolute Gasteiger partial charge is 0.508 e. The summed E-state index contributed by atoms with van der Waals surface area (Å²) < 4.78 is 41.8. The average molecular weight is 518 g/mol. The minimum absolute atomic E-state index is 0.0157. The van der Waals surface area contributed by atoms with E-state index in [0.717, 1.165) is 5.56 Å². The summed E-state index contributed by atoms with van der Waals surface area (Å²) in [7, 11) is -3.96. The van der Waals surface area contributed by atoms with Crippen molar-refractivity contribution in [1.82, 2.24) is 9.29 Å². The van der Waals surface area contributed by atoms with Crippen molar-refractivity contribution < 1.29 is 22.7 Å². The molecule has 1 aromatic heterocycles. The minimum atomic E-state index is -3.96. The Kier molecular flexibility index (Phi) is 8.07. The van der Waals surface area contributed by atoms with Gasteiger partial charge in [0.25, 0.3) is 0 Å². The quantitative estimate of drug-likeness (QED) is 0.306. The van der Waals surface area contributed by atoms with Gasteiger partial charge in [-0.3, -0.25) is 9.78 Å². The number of rotatable bonds is 9. The van der Waals surface area contributed by atoms with Crippen LogP contribution in [0.2, 0.25) is 0 Å². The van der Waals surface area contributed by atoms with Gasteiger partial charge in [-0.15, -0.1) is 0 Å². The van der Waals surface area contributed by atoms with E-state index in [1.54, 1.807) is 42.7 Å². The van der Waals surface area contributed by atoms with Crippen LogP contribution in [0.15, 0.2) is 108 Å². The number of carbonyl (C=O) groups excluding carboxylic acids is 1. The molecule has 0 aliphatic carbocycles. The Balaban J connectivity index is 1.52. The fourth-order valence-electron chi connectivity index (χ4n) is 3.51. The smallest absolute Gasteiger partial charge is 0.248 e. The van der Waals surface area contributed by atoms with Crippen LogP contribution in [0.3, 0.4) is 0 Å². The van der Waals surface area contributed by atoms with E-state index in [0.29, 0.717) is 16.8 Å². The summed E-state index contributed by atoms with van der Waals surface area (Å²) in [6, 6.07) is 21.3. The van der Waals surface area contributed by atoms with Gasteiger partial charge in [-0.25, -0.2) is 12.8 Å². The van der Waals surface area contributed by atoms with E-state index < -0.39 is 15.8 Å². The summed E-state index contributed by atoms with van der Waals surface area (Å²) >= 11 is 0. The Morgan fingerprint density at radius 2 is 1.43 bits per heavy atom. The number of nitrogens with zero attached hydrogens (tertiary/aromatic N) is 2. The zero-order chi connectivity index (χ0) is 26.3. The second-order valence-electron chi connectivity index (χ2n) is 8.19. The summed E-state index contributed by atoms with van der Waals surface area (Å²) in [6.45, 7) is 0.0556. The number of aromatic nitrogens is 1. The number of anilines is 1. The van der Waals surface area contributed by atoms with E-state index in [4.69, 9.17) is 0 Å². The summed E-state index contributed by atoms with van der Waals surface area (Å²) in [5.74, 6) is -0.701. The zero-order valence-electron chi connectivity index (χ0n) is 19.7. The van der Waals surface area contributed by atoms with Gasteiger partial charge in [-0.2, -0.15) is 4.31 Å². The number of carbonyl (C=O) groups is 1. The maximum Gasteiger partial charge on any atom is 0.248 e. The van der Waals surface area contributed by atoms with E-state index in [-0.39, 0.29) is 29.6 Å². The van der Waals surface area contributed by atoms with E-state index >= 15 is 0 Å². The molecule has 37 heavy (non-hydrogen) atoms. The van der Waals surface area contributed by atoms with E-state index in [1.807, 2.05) is 0 Å². The van der Waals surface area contributed by atoms with Crippen molar-refractivity contribution in [2.75, 3.05) is 5.32 Å². The number of benzene rings is 3. The molecule has 0 aliphatic rings. The Morgan fingerprint density at radius 1 is 0.865 bits per heavy atom. The van der Waals surface area contributed by atoms with Crippen LogP contribution >= 0.6 is 0 Å². The number of phenols is 1. The van der Waals surface area contributed by atoms with E-state index in [2.05, 4.69) is 10.3 Å². The molecule has 0 spiro atoms. The molecule has 0 saturated heterocycles. The molecule has 0 aliphatic heterocycles. The molecule has 7 nitrogen and oxygen atoms in total. The number of halogens is 1. The highest BCUT2D eigenvalue weighted by Crippen LogP contribution is 2.24. The van der Waals surface area contributed by atoms with Crippen molar-refractivity contribution in [3.8, 4) is 5.75 Å². The molecule has 1 amide bonds. The van der Waals surface area contributed by atoms with Crippen molar-refractivity contribution >= 4 is 27.7 Å². The number of hydrogen-bond donors (Lipinski definition) is 2. The number of amides is 1. The van der Waals surface area contributed by atoms with Crippen LogP contribution in [-0.4, -0.2) is 28.7 Å². The SMILES string of the molecule is O=C(/C=C/c1ccncc1)Nc1ccc(S(=O)(=O)N(Cc2ccc(O)cc2)Cc2ccc(F)cc2)cc1. The highest BCUT2D eigenvalue weighted by atomic mass is 32.2. The molecule has 0 bridgehead atoms. The predicted molar refractivity (Wildman–Crippen MR) is 139 cm³/mol. The lowest BCUT2D eigenvalue weighted by Gasteiger charge is -2.23. The fourth-order valence-corrected chi connectivity index (χ4v) is 4.93. The van der Waals surface area contributed by atoms with Crippen LogP contribution in [0, 0.1) is 5.82 Å². The molecule has 2 N–H and O–H groups in total. The van der Waals surface area contributed by atoms with Gasteiger partial charge in [0, 0.05) is 37.2 Å². The third kappa shape index (κ3) is 7.09. The average Bonchev–Trinajstić information content (AvgIpc) is 2.90. The molecular weight excluding hydrogens is 493 g/mol. The standard InChI is InChI=1S/C28H24FN3O4S/c29-24-6-1-22(2-7-24)19-32(20-23-3-10-26(33)11-4-23)37(35,36)27-12-8-25(9-13-27)31-28(34)14-5-21-15-17-30-18-16-21/h1-18,33H,19-20H2,(H,31,34)/b14-5+. The van der Waals surface area contributed by atoms with Gasteiger partial charge in [0.1, 0.15) is 11.6 Å². The molecule has 188 valence electrons. The third-order valence-electron chi connectivity index (χ3n) is 5.46. The summed E-state index contributed by atoms with van der Waals surface area (Å²) in [4.78, 5) is 16.2. The van der Waals surface area contributed by atoms with Gasteiger partial charge in [-0.05, 0) is 83.4 Å². The van der Waals surface area contributed by atoms with Crippen molar-refractivity contribution in [3.05, 3.63) is 126 Å². The van der Waals surface area contributed by atoms with Gasteiger partial charge in [0.2, 0.25) is 15.9 Å². The van der Waals surface area contributed by atoms with Crippen LogP contribution in [0.25, 0.3) is 6.08 Å². The maximum absolute atomic E-state index is 13.6. The van der Waals surface area contributed by atoms with Gasteiger partial charge in [0.15, 0.2) is 0 Å². The number of hydrogen-bond acceptors (Lipinski definition) is 5. The van der Waals surface area contributed by atoms with Crippen molar-refractivity contribution in [1.29, 1.82) is 0 Å². The highest BCUT2D eigenvalue weighted by molar-refractivity contribution is 7.89. The molecule has 1 heterocycles. The molecule has 4 rings (SSSR count). The lowest BCUT2D eigenvalue weighted by Crippen LogP contribution is -2.30. The van der Waals surface area contributed by atoms with E-state index in [9.17, 15) is 22.7 Å². The normalized spacial score (nSPS) is 11.6. The molecule has 9 heteroatoms.